The van der Waals surface area contributed by atoms with Crippen LogP contribution in [-0.4, -0.2) is 79.2 Å². The zero-order valence-corrected chi connectivity index (χ0v) is 21.7. The Balaban J connectivity index is 1.28. The lowest BCUT2D eigenvalue weighted by molar-refractivity contribution is -0.127. The Hall–Kier alpha value is -2.23. The van der Waals surface area contributed by atoms with Crippen LogP contribution in [0.15, 0.2) is 35.0 Å². The van der Waals surface area contributed by atoms with Crippen LogP contribution in [0.5, 0.6) is 0 Å². The molecule has 0 aliphatic carbocycles. The van der Waals surface area contributed by atoms with Crippen molar-refractivity contribution in [3.8, 4) is 0 Å². The molecule has 0 unspecified atom stereocenters. The van der Waals surface area contributed by atoms with E-state index in [0.717, 1.165) is 44.6 Å². The van der Waals surface area contributed by atoms with Gasteiger partial charge in [0.2, 0.25) is 5.91 Å². The molecule has 3 aliphatic rings. The summed E-state index contributed by atoms with van der Waals surface area (Å²) in [4.78, 5) is 29.9. The quantitative estimate of drug-likeness (QED) is 0.364. The number of carbonyl (C=O) groups excluding carboxylic acids is 2. The summed E-state index contributed by atoms with van der Waals surface area (Å²) in [6.45, 7) is 9.06. The first-order valence-electron chi connectivity index (χ1n) is 13.1. The van der Waals surface area contributed by atoms with Crippen LogP contribution < -0.4 is 21.7 Å². The molecule has 0 spiro atoms. The Labute approximate surface area is 213 Å². The van der Waals surface area contributed by atoms with Crippen LogP contribution in [0.25, 0.3) is 0 Å². The van der Waals surface area contributed by atoms with Crippen LogP contribution in [0.4, 0.5) is 5.69 Å². The van der Waals surface area contributed by atoms with Gasteiger partial charge in [-0.2, -0.15) is 0 Å². The zero-order chi connectivity index (χ0) is 24.6. The number of carbonyl (C=O) groups is 2. The molecule has 4 rings (SSSR count). The molecular formula is C26H40N6O2S. The van der Waals surface area contributed by atoms with Gasteiger partial charge in [0, 0.05) is 31.9 Å². The number of nitrogens with two attached hydrogens (primary N) is 1. The third-order valence-corrected chi connectivity index (χ3v) is 8.52. The average Bonchev–Trinajstić information content (AvgIpc) is 3.53. The maximum Gasteiger partial charge on any atom is 0.269 e. The second-order valence-electron chi connectivity index (χ2n) is 9.69. The molecule has 3 heterocycles. The Morgan fingerprint density at radius 2 is 1.86 bits per heavy atom. The highest BCUT2D eigenvalue weighted by Crippen LogP contribution is 2.36. The molecule has 5 N–H and O–H groups in total. The highest BCUT2D eigenvalue weighted by molar-refractivity contribution is 8.04. The predicted octanol–water partition coefficient (Wildman–Crippen LogP) is 1.94. The minimum absolute atomic E-state index is 0.00339. The van der Waals surface area contributed by atoms with E-state index < -0.39 is 0 Å². The Bertz CT molecular complexity index is 894. The minimum Gasteiger partial charge on any atom is -0.392 e. The van der Waals surface area contributed by atoms with Crippen LogP contribution in [0.2, 0.25) is 0 Å². The van der Waals surface area contributed by atoms with Crippen molar-refractivity contribution in [1.82, 2.24) is 20.4 Å². The van der Waals surface area contributed by atoms with Gasteiger partial charge in [-0.1, -0.05) is 23.9 Å². The number of likely N-dealkylation sites (tertiary alicyclic amines) is 1. The van der Waals surface area contributed by atoms with Gasteiger partial charge >= 0.3 is 0 Å². The number of hydrogen-bond acceptors (Lipinski definition) is 7. The summed E-state index contributed by atoms with van der Waals surface area (Å²) in [7, 11) is 0. The Morgan fingerprint density at radius 1 is 1.14 bits per heavy atom. The minimum atomic E-state index is -0.310. The maximum atomic E-state index is 13.0. The Kier molecular flexibility index (Phi) is 9.34. The second-order valence-corrected chi connectivity index (χ2v) is 10.9. The van der Waals surface area contributed by atoms with Gasteiger partial charge in [-0.05, 0) is 88.8 Å². The molecule has 9 heteroatoms. The van der Waals surface area contributed by atoms with Crippen LogP contribution in [0.1, 0.15) is 38.2 Å². The molecule has 0 aromatic heterocycles. The summed E-state index contributed by atoms with van der Waals surface area (Å²) in [5.41, 5.74) is 8.71. The van der Waals surface area contributed by atoms with Gasteiger partial charge in [0.05, 0.1) is 0 Å². The zero-order valence-electron chi connectivity index (χ0n) is 20.9. The van der Waals surface area contributed by atoms with Gasteiger partial charge in [0.25, 0.3) is 5.91 Å². The molecule has 8 nitrogen and oxygen atoms in total. The summed E-state index contributed by atoms with van der Waals surface area (Å²) in [6, 6.07) is 8.49. The molecule has 3 aliphatic heterocycles. The first-order chi connectivity index (χ1) is 17.0. The summed E-state index contributed by atoms with van der Waals surface area (Å²) < 4.78 is 0. The number of benzene rings is 1. The van der Waals surface area contributed by atoms with E-state index in [4.69, 9.17) is 5.73 Å². The molecule has 2 amide bonds. The van der Waals surface area contributed by atoms with Crippen molar-refractivity contribution in [3.05, 3.63) is 40.6 Å². The highest BCUT2D eigenvalue weighted by Gasteiger charge is 2.38. The van der Waals surface area contributed by atoms with Gasteiger partial charge in [-0.3, -0.25) is 9.59 Å². The van der Waals surface area contributed by atoms with Gasteiger partial charge in [0.15, 0.2) is 0 Å². The molecule has 192 valence electrons. The van der Waals surface area contributed by atoms with Gasteiger partial charge in [0.1, 0.15) is 16.0 Å². The fraction of sp³-hybridized carbons (Fsp3) is 0.615. The number of thioether (sulfide) groups is 1. The largest absolute Gasteiger partial charge is 0.392 e. The Morgan fingerprint density at radius 3 is 2.54 bits per heavy atom. The standard InChI is InChI=1S/C26H40N6O2S/c1-2-32-25(34)22(35-26(32)23(27)24(33)30-17-20-9-12-28-13-10-20)18-29-21-7-5-19(6-8-21)11-16-31-14-3-4-15-31/h5-8,20,22,28-29H,2-4,9-18,27H2,1H3,(H,30,33)/b26-23+/t22-/m1/s1. The van der Waals surface area contributed by atoms with Crippen molar-refractivity contribution in [3.63, 3.8) is 0 Å². The average molecular weight is 501 g/mol. The van der Waals surface area contributed by atoms with Gasteiger partial charge in [-0.25, -0.2) is 0 Å². The van der Waals surface area contributed by atoms with E-state index in [1.165, 1.54) is 43.3 Å². The number of nitrogens with zero attached hydrogens (tertiary/aromatic N) is 2. The van der Waals surface area contributed by atoms with E-state index in [9.17, 15) is 9.59 Å². The van der Waals surface area contributed by atoms with Crippen molar-refractivity contribution in [2.45, 2.75) is 44.3 Å². The normalized spacial score (nSPS) is 23.1. The summed E-state index contributed by atoms with van der Waals surface area (Å²) >= 11 is 1.39. The third-order valence-electron chi connectivity index (χ3n) is 7.20. The number of amides is 2. The molecule has 35 heavy (non-hydrogen) atoms. The van der Waals surface area contributed by atoms with Crippen molar-refractivity contribution in [1.29, 1.82) is 0 Å². The van der Waals surface area contributed by atoms with Crippen LogP contribution in [-0.2, 0) is 16.0 Å². The molecule has 1 aromatic rings. The van der Waals surface area contributed by atoms with E-state index in [0.29, 0.717) is 30.6 Å². The van der Waals surface area contributed by atoms with Crippen LogP contribution >= 0.6 is 11.8 Å². The van der Waals surface area contributed by atoms with Crippen molar-refractivity contribution >= 4 is 29.3 Å². The molecule has 0 saturated carbocycles. The molecule has 1 aromatic carbocycles. The van der Waals surface area contributed by atoms with Crippen molar-refractivity contribution in [2.75, 3.05) is 57.7 Å². The lowest BCUT2D eigenvalue weighted by Gasteiger charge is -2.23. The number of nitrogens with one attached hydrogen (secondary N) is 3. The van der Waals surface area contributed by atoms with E-state index in [-0.39, 0.29) is 22.8 Å². The fourth-order valence-electron chi connectivity index (χ4n) is 4.97. The van der Waals surface area contributed by atoms with Gasteiger partial charge < -0.3 is 31.5 Å². The van der Waals surface area contributed by atoms with E-state index in [2.05, 4.69) is 45.1 Å². The summed E-state index contributed by atoms with van der Waals surface area (Å²) in [6.07, 6.45) is 5.82. The lowest BCUT2D eigenvalue weighted by atomic mass is 9.98. The number of anilines is 1. The topological polar surface area (TPSA) is 103 Å². The predicted molar refractivity (Wildman–Crippen MR) is 143 cm³/mol. The van der Waals surface area contributed by atoms with E-state index >= 15 is 0 Å². The van der Waals surface area contributed by atoms with E-state index in [1.54, 1.807) is 4.90 Å². The first kappa shape index (κ1) is 25.9. The fourth-order valence-corrected chi connectivity index (χ4v) is 6.20. The lowest BCUT2D eigenvalue weighted by Crippen LogP contribution is -2.39. The van der Waals surface area contributed by atoms with Crippen molar-refractivity contribution < 1.29 is 9.59 Å². The SMILES string of the molecule is CCN1C(=O)[C@@H](CNc2ccc(CCN3CCCC3)cc2)S/C1=C(/N)C(=O)NCC1CCNCC1. The molecule has 0 radical (unpaired) electrons. The molecule has 0 bridgehead atoms. The molecular weight excluding hydrogens is 460 g/mol. The molecule has 3 fully saturated rings. The summed E-state index contributed by atoms with van der Waals surface area (Å²) in [5, 5.41) is 9.97. The maximum absolute atomic E-state index is 13.0. The van der Waals surface area contributed by atoms with E-state index in [1.807, 2.05) is 6.92 Å². The monoisotopic (exact) mass is 500 g/mol. The second kappa shape index (κ2) is 12.6. The number of hydrogen-bond donors (Lipinski definition) is 4. The van der Waals surface area contributed by atoms with Crippen LogP contribution in [0.3, 0.4) is 0 Å². The highest BCUT2D eigenvalue weighted by atomic mass is 32.2. The van der Waals surface area contributed by atoms with Crippen LogP contribution in [0, 0.1) is 5.92 Å². The number of piperidine rings is 1. The molecule has 3 saturated heterocycles. The number of rotatable bonds is 10. The smallest absolute Gasteiger partial charge is 0.269 e. The van der Waals surface area contributed by atoms with Crippen molar-refractivity contribution in [2.24, 2.45) is 11.7 Å². The van der Waals surface area contributed by atoms with Gasteiger partial charge in [-0.15, -0.1) is 0 Å². The summed E-state index contributed by atoms with van der Waals surface area (Å²) in [5.74, 6) is 0.188. The third kappa shape index (κ3) is 6.92. The first-order valence-corrected chi connectivity index (χ1v) is 13.9. The molecule has 1 atom stereocenters.